The molecule has 0 rings (SSSR count). The van der Waals surface area contributed by atoms with Crippen LogP contribution in [0.4, 0.5) is 0 Å². The second kappa shape index (κ2) is 20.4. The molecule has 1 unspecified atom stereocenters. The fourth-order valence-corrected chi connectivity index (χ4v) is 12.5. The molecule has 0 aliphatic carbocycles. The smallest absolute Gasteiger partial charge is 0.00209 e. The molecule has 0 aromatic heterocycles. The summed E-state index contributed by atoms with van der Waals surface area (Å²) in [4.78, 5) is 0. The highest BCUT2D eigenvalue weighted by Crippen LogP contribution is 2.79. The Morgan fingerprint density at radius 1 is 0.460 bits per heavy atom. The lowest BCUT2D eigenvalue weighted by Gasteiger charge is -2.75. The van der Waals surface area contributed by atoms with Gasteiger partial charge in [-0.2, -0.15) is 0 Å². The van der Waals surface area contributed by atoms with Gasteiger partial charge in [0.05, 0.1) is 0 Å². The van der Waals surface area contributed by atoms with Crippen LogP contribution < -0.4 is 0 Å². The predicted molar refractivity (Wildman–Crippen MR) is 232 cm³/mol. The van der Waals surface area contributed by atoms with Gasteiger partial charge in [-0.1, -0.05) is 195 Å². The zero-order valence-electron chi connectivity index (χ0n) is 38.9. The lowest BCUT2D eigenvalue weighted by Crippen LogP contribution is -2.68. The van der Waals surface area contributed by atoms with Crippen molar-refractivity contribution in [3.05, 3.63) is 12.2 Å². The molecule has 0 amide bonds. The molecule has 0 saturated carbocycles. The normalized spacial score (nSPS) is 15.1. The van der Waals surface area contributed by atoms with Crippen molar-refractivity contribution in [3.8, 4) is 0 Å². The van der Waals surface area contributed by atoms with Crippen LogP contribution in [0.1, 0.15) is 260 Å². The van der Waals surface area contributed by atoms with Gasteiger partial charge in [0.1, 0.15) is 0 Å². The van der Waals surface area contributed by atoms with Crippen LogP contribution in [-0.4, -0.2) is 0 Å². The Balaban J connectivity index is 9.15. The Morgan fingerprint density at radius 3 is 1.10 bits per heavy atom. The van der Waals surface area contributed by atoms with E-state index in [9.17, 15) is 0 Å². The Morgan fingerprint density at radius 2 is 0.840 bits per heavy atom. The van der Waals surface area contributed by atoms with E-state index in [-0.39, 0.29) is 27.1 Å². The van der Waals surface area contributed by atoms with Crippen molar-refractivity contribution in [2.45, 2.75) is 260 Å². The van der Waals surface area contributed by atoms with E-state index >= 15 is 0 Å². The first-order valence-corrected chi connectivity index (χ1v) is 23.0. The van der Waals surface area contributed by atoms with Gasteiger partial charge in [-0.15, -0.1) is 0 Å². The molecule has 1 atom stereocenters. The fourth-order valence-electron chi connectivity index (χ4n) is 12.5. The third-order valence-corrected chi connectivity index (χ3v) is 17.9. The third-order valence-electron chi connectivity index (χ3n) is 17.9. The summed E-state index contributed by atoms with van der Waals surface area (Å²) in [6.07, 6.45) is 25.7. The molecule has 0 N–H and O–H groups in total. The zero-order chi connectivity index (χ0) is 39.3. The minimum Gasteiger partial charge on any atom is -0.0987 e. The zero-order valence-corrected chi connectivity index (χ0v) is 38.9. The summed E-state index contributed by atoms with van der Waals surface area (Å²) in [6, 6.07) is 0. The van der Waals surface area contributed by atoms with Crippen LogP contribution >= 0.6 is 0 Å². The van der Waals surface area contributed by atoms with Crippen molar-refractivity contribution in [1.29, 1.82) is 0 Å². The van der Waals surface area contributed by atoms with E-state index in [4.69, 9.17) is 6.58 Å². The molecule has 0 aromatic rings. The molecule has 0 nitrogen and oxygen atoms in total. The molecule has 0 heterocycles. The summed E-state index contributed by atoms with van der Waals surface area (Å²) in [5.74, 6) is 0.664. The average molecular weight is 701 g/mol. The molecule has 0 aromatic carbocycles. The number of unbranched alkanes of at least 4 members (excludes halogenated alkanes) is 1. The van der Waals surface area contributed by atoms with Crippen molar-refractivity contribution >= 4 is 0 Å². The van der Waals surface area contributed by atoms with Crippen LogP contribution in [0.15, 0.2) is 12.2 Å². The molecule has 50 heavy (non-hydrogen) atoms. The fraction of sp³-hybridized carbons (Fsp3) is 0.960. The minimum atomic E-state index is 0.0555. The highest BCUT2D eigenvalue weighted by Gasteiger charge is 2.72. The van der Waals surface area contributed by atoms with Gasteiger partial charge in [0.25, 0.3) is 0 Å². The highest BCUT2D eigenvalue weighted by atomic mass is 14.8. The van der Waals surface area contributed by atoms with Crippen molar-refractivity contribution in [2.24, 2.45) is 49.2 Å². The Labute approximate surface area is 320 Å². The van der Waals surface area contributed by atoms with Crippen LogP contribution in [0, 0.1) is 49.2 Å². The summed E-state index contributed by atoms with van der Waals surface area (Å²) < 4.78 is 0. The van der Waals surface area contributed by atoms with Gasteiger partial charge in [0.2, 0.25) is 0 Å². The van der Waals surface area contributed by atoms with E-state index in [0.717, 1.165) is 0 Å². The standard InChI is InChI=1S/C50H100/c1-21-42(37-35-36-38-43(16,17)22-2)50(47(29-9,30-10)39-44(18,23-3)24-4,48(31-11,32-12)40-45(19,25-5)26-6)49(33-13,34-14)41(15)46(20,27-7)28-8/h42H,15,21-40H2,1-14,16-20H3. The number of hydrogen-bond acceptors (Lipinski definition) is 0. The maximum absolute atomic E-state index is 5.44. The van der Waals surface area contributed by atoms with E-state index < -0.39 is 0 Å². The molecule has 0 bridgehead atoms. The predicted octanol–water partition coefficient (Wildman–Crippen LogP) is 18.2. The Bertz CT molecular complexity index is 883. The maximum atomic E-state index is 5.44. The number of hydrogen-bond donors (Lipinski definition) is 0. The van der Waals surface area contributed by atoms with E-state index in [1.165, 1.54) is 128 Å². The molecule has 0 aliphatic heterocycles. The maximum Gasteiger partial charge on any atom is -0.00209 e. The number of allylic oxidation sites excluding steroid dienone is 1. The lowest BCUT2D eigenvalue weighted by atomic mass is 9.29. The first kappa shape index (κ1) is 49.7. The van der Waals surface area contributed by atoms with Crippen molar-refractivity contribution in [1.82, 2.24) is 0 Å². The van der Waals surface area contributed by atoms with Crippen LogP contribution in [0.2, 0.25) is 0 Å². The van der Waals surface area contributed by atoms with Crippen LogP contribution in [0.3, 0.4) is 0 Å². The van der Waals surface area contributed by atoms with E-state index in [0.29, 0.717) is 22.2 Å². The number of rotatable bonds is 29. The molecule has 0 aliphatic rings. The van der Waals surface area contributed by atoms with Gasteiger partial charge in [0.15, 0.2) is 0 Å². The lowest BCUT2D eigenvalue weighted by molar-refractivity contribution is -0.246. The second-order valence-electron chi connectivity index (χ2n) is 19.6. The van der Waals surface area contributed by atoms with Crippen molar-refractivity contribution in [3.63, 3.8) is 0 Å². The van der Waals surface area contributed by atoms with Gasteiger partial charge in [0, 0.05) is 0 Å². The van der Waals surface area contributed by atoms with Gasteiger partial charge in [-0.05, 0) is 126 Å². The van der Waals surface area contributed by atoms with Crippen LogP contribution in [-0.2, 0) is 0 Å². The molecule has 300 valence electrons. The first-order chi connectivity index (χ1) is 23.3. The van der Waals surface area contributed by atoms with E-state index in [1.54, 1.807) is 5.57 Å². The molecule has 0 radical (unpaired) electrons. The van der Waals surface area contributed by atoms with Crippen LogP contribution in [0.25, 0.3) is 0 Å². The summed E-state index contributed by atoms with van der Waals surface area (Å²) in [7, 11) is 0. The topological polar surface area (TPSA) is 0 Å². The summed E-state index contributed by atoms with van der Waals surface area (Å²) in [5, 5.41) is 0. The SMILES string of the molecule is C=C(C(C)(CC)CC)C(CC)(CC)C(C(CC)CCCCC(C)(C)CC)(C(CC)(CC)CC(C)(CC)CC)C(CC)(CC)CC(C)(CC)CC. The summed E-state index contributed by atoms with van der Waals surface area (Å²) >= 11 is 0. The quantitative estimate of drug-likeness (QED) is 0.0538. The molecule has 0 heteroatoms. The van der Waals surface area contributed by atoms with Gasteiger partial charge >= 0.3 is 0 Å². The molecule has 0 fully saturated rings. The molecular weight excluding hydrogens is 601 g/mol. The third kappa shape index (κ3) is 9.33. The molecular formula is C50H100. The first-order valence-electron chi connectivity index (χ1n) is 23.0. The van der Waals surface area contributed by atoms with Crippen molar-refractivity contribution in [2.75, 3.05) is 0 Å². The minimum absolute atomic E-state index is 0.0555. The van der Waals surface area contributed by atoms with Gasteiger partial charge in [-0.25, -0.2) is 0 Å². The summed E-state index contributed by atoms with van der Waals surface area (Å²) in [5.41, 5.74) is 3.48. The molecule has 0 spiro atoms. The van der Waals surface area contributed by atoms with Crippen molar-refractivity contribution < 1.29 is 0 Å². The largest absolute Gasteiger partial charge is 0.0987 e. The second-order valence-corrected chi connectivity index (χ2v) is 19.6. The average Bonchev–Trinajstić information content (AvgIpc) is 3.15. The monoisotopic (exact) mass is 701 g/mol. The Kier molecular flexibility index (Phi) is 20.3. The van der Waals surface area contributed by atoms with Gasteiger partial charge < -0.3 is 0 Å². The van der Waals surface area contributed by atoms with E-state index in [2.05, 4.69) is 132 Å². The van der Waals surface area contributed by atoms with Crippen LogP contribution in [0.5, 0.6) is 0 Å². The highest BCUT2D eigenvalue weighted by molar-refractivity contribution is 5.31. The van der Waals surface area contributed by atoms with Gasteiger partial charge in [-0.3, -0.25) is 0 Å². The molecule has 0 saturated heterocycles. The Hall–Kier alpha value is -0.260. The summed E-state index contributed by atoms with van der Waals surface area (Å²) in [6.45, 7) is 54.2. The van der Waals surface area contributed by atoms with E-state index in [1.807, 2.05) is 0 Å².